The quantitative estimate of drug-likeness (QED) is 0.501. The van der Waals surface area contributed by atoms with Crippen molar-refractivity contribution < 1.29 is 9.59 Å². The summed E-state index contributed by atoms with van der Waals surface area (Å²) in [5, 5.41) is 2.92. The molecule has 4 rings (SSSR count). The number of carbonyl (C=O) groups is 2. The molecule has 4 aromatic rings. The number of nitrogens with zero attached hydrogens (tertiary/aromatic N) is 2. The maximum absolute atomic E-state index is 13.1. The summed E-state index contributed by atoms with van der Waals surface area (Å²) in [6.07, 6.45) is 0. The fourth-order valence-corrected chi connectivity index (χ4v) is 3.92. The van der Waals surface area contributed by atoms with Gasteiger partial charge in [-0.05, 0) is 49.1 Å². The molecule has 3 aromatic heterocycles. The first-order valence-corrected chi connectivity index (χ1v) is 9.23. The van der Waals surface area contributed by atoms with Crippen LogP contribution in [0.1, 0.15) is 25.7 Å². The van der Waals surface area contributed by atoms with Crippen LogP contribution in [0.3, 0.4) is 0 Å². The Balaban J connectivity index is 2.01. The first kappa shape index (κ1) is 16.7. The summed E-state index contributed by atoms with van der Waals surface area (Å²) in [5.74, 6) is -0.0525. The van der Waals surface area contributed by atoms with Crippen LogP contribution in [0.25, 0.3) is 16.4 Å². The van der Waals surface area contributed by atoms with E-state index in [0.717, 1.165) is 16.4 Å². The van der Waals surface area contributed by atoms with Crippen molar-refractivity contribution in [1.82, 2.24) is 9.30 Å². The Hall–Kier alpha value is -2.76. The second-order valence-corrected chi connectivity index (χ2v) is 7.47. The summed E-state index contributed by atoms with van der Waals surface area (Å²) in [4.78, 5) is 28.4. The predicted molar refractivity (Wildman–Crippen MR) is 106 cm³/mol. The van der Waals surface area contributed by atoms with Gasteiger partial charge in [0.25, 0.3) is 0 Å². The highest BCUT2D eigenvalue weighted by Crippen LogP contribution is 2.27. The number of carbonyl (C=O) groups excluding carboxylic acids is 2. The lowest BCUT2D eigenvalue weighted by molar-refractivity contribution is 0.0959. The number of ketones is 2. The second-order valence-electron chi connectivity index (χ2n) is 6.52. The third-order valence-electron chi connectivity index (χ3n) is 4.38. The molecule has 130 valence electrons. The Bertz CT molecular complexity index is 1120. The van der Waals surface area contributed by atoms with E-state index in [1.165, 1.54) is 11.3 Å². The third kappa shape index (κ3) is 2.75. The number of fused-ring (bicyclic) bond motifs is 3. The number of Topliss-reactive ketones (excluding diaryl/α,β-unsaturated/α-hetero) is 1. The van der Waals surface area contributed by atoms with Gasteiger partial charge in [0, 0.05) is 5.56 Å². The number of rotatable bonds is 5. The minimum absolute atomic E-state index is 0.00742. The zero-order valence-electron chi connectivity index (χ0n) is 14.6. The number of likely N-dealkylation sites (N-methyl/N-ethyl adjacent to an activating group) is 1. The average molecular weight is 362 g/mol. The van der Waals surface area contributed by atoms with E-state index in [1.54, 1.807) is 6.07 Å². The van der Waals surface area contributed by atoms with Gasteiger partial charge >= 0.3 is 0 Å². The summed E-state index contributed by atoms with van der Waals surface area (Å²) >= 11 is 1.41. The number of aromatic nitrogens is 1. The lowest BCUT2D eigenvalue weighted by Gasteiger charge is -2.08. The van der Waals surface area contributed by atoms with Gasteiger partial charge in [-0.15, -0.1) is 11.3 Å². The summed E-state index contributed by atoms with van der Waals surface area (Å²) < 4.78 is 1.92. The Labute approximate surface area is 155 Å². The van der Waals surface area contributed by atoms with Crippen molar-refractivity contribution in [3.05, 3.63) is 76.1 Å². The van der Waals surface area contributed by atoms with E-state index in [4.69, 9.17) is 0 Å². The van der Waals surface area contributed by atoms with E-state index in [1.807, 2.05) is 77.3 Å². The molecule has 5 heteroatoms. The van der Waals surface area contributed by atoms with Gasteiger partial charge in [0.15, 0.2) is 5.78 Å². The first-order valence-electron chi connectivity index (χ1n) is 8.35. The Morgan fingerprint density at radius 1 is 1.00 bits per heavy atom. The molecule has 0 radical (unpaired) electrons. The molecule has 0 amide bonds. The van der Waals surface area contributed by atoms with E-state index in [9.17, 15) is 9.59 Å². The van der Waals surface area contributed by atoms with Crippen LogP contribution in [0.4, 0.5) is 0 Å². The lowest BCUT2D eigenvalue weighted by Crippen LogP contribution is -2.21. The summed E-state index contributed by atoms with van der Waals surface area (Å²) in [7, 11) is 3.73. The summed E-state index contributed by atoms with van der Waals surface area (Å²) in [6, 6.07) is 17.3. The van der Waals surface area contributed by atoms with Gasteiger partial charge in [0.2, 0.25) is 5.78 Å². The zero-order chi connectivity index (χ0) is 18.3. The fourth-order valence-electron chi connectivity index (χ4n) is 3.25. The van der Waals surface area contributed by atoms with Gasteiger partial charge in [-0.25, -0.2) is 0 Å². The molecule has 0 saturated carbocycles. The van der Waals surface area contributed by atoms with Crippen LogP contribution < -0.4 is 0 Å². The van der Waals surface area contributed by atoms with Gasteiger partial charge in [0.05, 0.1) is 28.1 Å². The molecule has 1 aromatic carbocycles. The Kier molecular flexibility index (Phi) is 4.18. The number of hydrogen-bond donors (Lipinski definition) is 0. The molecule has 0 aliphatic carbocycles. The van der Waals surface area contributed by atoms with Gasteiger partial charge in [-0.3, -0.25) is 9.59 Å². The molecule has 0 aliphatic heterocycles. The first-order chi connectivity index (χ1) is 12.6. The highest BCUT2D eigenvalue weighted by Gasteiger charge is 2.22. The molecule has 0 aliphatic rings. The van der Waals surface area contributed by atoms with Crippen molar-refractivity contribution in [2.45, 2.75) is 0 Å². The van der Waals surface area contributed by atoms with Crippen LogP contribution in [-0.4, -0.2) is 41.5 Å². The lowest BCUT2D eigenvalue weighted by atomic mass is 10.1. The van der Waals surface area contributed by atoms with Crippen LogP contribution in [0.2, 0.25) is 0 Å². The number of benzene rings is 1. The molecule has 26 heavy (non-hydrogen) atoms. The SMILES string of the molecule is CN(C)CC(=O)c1cc(C(=O)c2cccs2)n2c1ccc1ccccc12. The van der Waals surface area contributed by atoms with E-state index in [0.29, 0.717) is 22.7 Å². The van der Waals surface area contributed by atoms with Crippen molar-refractivity contribution in [1.29, 1.82) is 0 Å². The molecule has 0 fully saturated rings. The highest BCUT2D eigenvalue weighted by atomic mass is 32.1. The molecule has 0 saturated heterocycles. The maximum Gasteiger partial charge on any atom is 0.219 e. The van der Waals surface area contributed by atoms with Crippen LogP contribution >= 0.6 is 11.3 Å². The zero-order valence-corrected chi connectivity index (χ0v) is 15.4. The molecule has 4 nitrogen and oxygen atoms in total. The van der Waals surface area contributed by atoms with E-state index in [-0.39, 0.29) is 11.6 Å². The van der Waals surface area contributed by atoms with Crippen molar-refractivity contribution in [3.8, 4) is 0 Å². The van der Waals surface area contributed by atoms with E-state index >= 15 is 0 Å². The molecule has 0 spiro atoms. The smallest absolute Gasteiger partial charge is 0.219 e. The largest absolute Gasteiger partial charge is 0.305 e. The van der Waals surface area contributed by atoms with Crippen LogP contribution in [0.5, 0.6) is 0 Å². The van der Waals surface area contributed by atoms with E-state index in [2.05, 4.69) is 0 Å². The van der Waals surface area contributed by atoms with Crippen LogP contribution in [0.15, 0.2) is 60.0 Å². The van der Waals surface area contributed by atoms with E-state index < -0.39 is 0 Å². The third-order valence-corrected chi connectivity index (χ3v) is 5.24. The Morgan fingerprint density at radius 2 is 1.81 bits per heavy atom. The molecular formula is C21H18N2O2S. The Morgan fingerprint density at radius 3 is 2.54 bits per heavy atom. The maximum atomic E-state index is 13.1. The number of thiophene rings is 1. The topological polar surface area (TPSA) is 41.8 Å². The number of pyridine rings is 1. The molecule has 3 heterocycles. The van der Waals surface area contributed by atoms with Crippen molar-refractivity contribution in [2.75, 3.05) is 20.6 Å². The monoisotopic (exact) mass is 362 g/mol. The van der Waals surface area contributed by atoms with Crippen molar-refractivity contribution in [2.24, 2.45) is 0 Å². The fraction of sp³-hybridized carbons (Fsp3) is 0.143. The molecule has 0 bridgehead atoms. The molecule has 0 N–H and O–H groups in total. The number of para-hydroxylation sites is 1. The van der Waals surface area contributed by atoms with Gasteiger partial charge in [-0.2, -0.15) is 0 Å². The summed E-state index contributed by atoms with van der Waals surface area (Å²) in [5.41, 5.74) is 2.81. The molecule has 0 atom stereocenters. The van der Waals surface area contributed by atoms with Crippen LogP contribution in [-0.2, 0) is 0 Å². The van der Waals surface area contributed by atoms with Crippen LogP contribution in [0, 0.1) is 0 Å². The average Bonchev–Trinajstić information content (AvgIpc) is 3.28. The van der Waals surface area contributed by atoms with Crippen molar-refractivity contribution in [3.63, 3.8) is 0 Å². The molecule has 0 unspecified atom stereocenters. The molecular weight excluding hydrogens is 344 g/mol. The number of hydrogen-bond acceptors (Lipinski definition) is 4. The van der Waals surface area contributed by atoms with Gasteiger partial charge in [0.1, 0.15) is 0 Å². The van der Waals surface area contributed by atoms with Gasteiger partial charge in [-0.1, -0.05) is 30.3 Å². The standard InChI is InChI=1S/C21H18N2O2S/c1-22(2)13-19(24)15-12-18(21(25)20-8-5-11-26-20)23-16-7-4-3-6-14(16)9-10-17(15)23/h3-12H,13H2,1-2H3. The van der Waals surface area contributed by atoms with Crippen molar-refractivity contribution >= 4 is 39.3 Å². The van der Waals surface area contributed by atoms with Gasteiger partial charge < -0.3 is 9.30 Å². The minimum atomic E-state index is -0.0599. The highest BCUT2D eigenvalue weighted by molar-refractivity contribution is 7.12. The summed E-state index contributed by atoms with van der Waals surface area (Å²) in [6.45, 7) is 0.305. The normalized spacial score (nSPS) is 11.5. The minimum Gasteiger partial charge on any atom is -0.305 e. The second kappa shape index (κ2) is 6.52. The predicted octanol–water partition coefficient (Wildman–Crippen LogP) is 4.13.